The van der Waals surface area contributed by atoms with Crippen LogP contribution in [0.4, 0.5) is 11.8 Å². The zero-order valence-electron chi connectivity index (χ0n) is 20.7. The molecule has 1 aromatic heterocycles. The smallest absolute Gasteiger partial charge is 0.225 e. The summed E-state index contributed by atoms with van der Waals surface area (Å²) in [7, 11) is 4.07. The molecular formula is C28H39N5O. The van der Waals surface area contributed by atoms with Gasteiger partial charge in [-0.1, -0.05) is 42.5 Å². The van der Waals surface area contributed by atoms with Crippen molar-refractivity contribution in [1.82, 2.24) is 15.3 Å². The summed E-state index contributed by atoms with van der Waals surface area (Å²) in [5.74, 6) is 1.71. The van der Waals surface area contributed by atoms with Crippen LogP contribution in [0, 0.1) is 0 Å². The Morgan fingerprint density at radius 2 is 1.59 bits per heavy atom. The van der Waals surface area contributed by atoms with Crippen molar-refractivity contribution in [2.24, 2.45) is 0 Å². The maximum atomic E-state index is 5.78. The monoisotopic (exact) mass is 461 g/mol. The number of benzene rings is 2. The quantitative estimate of drug-likeness (QED) is 0.352. The van der Waals surface area contributed by atoms with E-state index in [-0.39, 0.29) is 0 Å². The van der Waals surface area contributed by atoms with Gasteiger partial charge in [0.05, 0.1) is 12.1 Å². The first-order valence-electron chi connectivity index (χ1n) is 12.7. The van der Waals surface area contributed by atoms with Crippen molar-refractivity contribution in [2.75, 3.05) is 37.5 Å². The van der Waals surface area contributed by atoms with E-state index in [0.29, 0.717) is 12.1 Å². The van der Waals surface area contributed by atoms with Gasteiger partial charge in [-0.2, -0.15) is 4.98 Å². The SMILES string of the molecule is CN(C)c1nc(NC2CCC(NCCCCCOCc3ccccc3)CC2)nc2ccccc12. The van der Waals surface area contributed by atoms with Crippen LogP contribution in [-0.2, 0) is 11.3 Å². The van der Waals surface area contributed by atoms with Crippen molar-refractivity contribution in [3.05, 3.63) is 60.2 Å². The number of fused-ring (bicyclic) bond motifs is 1. The third-order valence-electron chi connectivity index (χ3n) is 6.58. The molecule has 1 heterocycles. The first kappa shape index (κ1) is 24.4. The van der Waals surface area contributed by atoms with Crippen molar-refractivity contribution in [1.29, 1.82) is 0 Å². The van der Waals surface area contributed by atoms with Gasteiger partial charge in [-0.25, -0.2) is 4.98 Å². The Labute approximate surface area is 204 Å². The van der Waals surface area contributed by atoms with E-state index >= 15 is 0 Å². The highest BCUT2D eigenvalue weighted by Gasteiger charge is 2.21. The predicted molar refractivity (Wildman–Crippen MR) is 141 cm³/mol. The molecule has 0 bridgehead atoms. The third-order valence-corrected chi connectivity index (χ3v) is 6.58. The summed E-state index contributed by atoms with van der Waals surface area (Å²) in [6, 6.07) is 19.7. The van der Waals surface area contributed by atoms with Crippen LogP contribution in [0.3, 0.4) is 0 Å². The fourth-order valence-electron chi connectivity index (χ4n) is 4.67. The van der Waals surface area contributed by atoms with Gasteiger partial charge in [-0.05, 0) is 69.2 Å². The molecule has 1 aliphatic rings. The van der Waals surface area contributed by atoms with E-state index in [0.717, 1.165) is 61.7 Å². The number of unbranched alkanes of at least 4 members (excludes halogenated alkanes) is 2. The minimum Gasteiger partial charge on any atom is -0.377 e. The maximum absolute atomic E-state index is 5.78. The van der Waals surface area contributed by atoms with Crippen molar-refractivity contribution in [3.63, 3.8) is 0 Å². The van der Waals surface area contributed by atoms with Crippen LogP contribution in [0.2, 0.25) is 0 Å². The van der Waals surface area contributed by atoms with E-state index in [1.165, 1.54) is 31.2 Å². The average molecular weight is 462 g/mol. The molecule has 1 aliphatic carbocycles. The highest BCUT2D eigenvalue weighted by atomic mass is 16.5. The number of hydrogen-bond donors (Lipinski definition) is 2. The maximum Gasteiger partial charge on any atom is 0.225 e. The number of aromatic nitrogens is 2. The van der Waals surface area contributed by atoms with Gasteiger partial charge in [-0.3, -0.25) is 0 Å². The Balaban J connectivity index is 1.11. The Bertz CT molecular complexity index is 1000. The Morgan fingerprint density at radius 3 is 2.38 bits per heavy atom. The molecule has 0 radical (unpaired) electrons. The van der Waals surface area contributed by atoms with E-state index in [1.54, 1.807) is 0 Å². The molecule has 2 aromatic carbocycles. The molecule has 2 N–H and O–H groups in total. The van der Waals surface area contributed by atoms with Crippen LogP contribution in [0.5, 0.6) is 0 Å². The first-order valence-corrected chi connectivity index (χ1v) is 12.7. The van der Waals surface area contributed by atoms with Gasteiger partial charge in [-0.15, -0.1) is 0 Å². The molecule has 0 amide bonds. The highest BCUT2D eigenvalue weighted by molar-refractivity contribution is 5.90. The standard InChI is InChI=1S/C28H39N5O/c1-33(2)27-25-13-7-8-14-26(25)31-28(32-27)30-24-17-15-23(16-18-24)29-19-9-4-10-20-34-21-22-11-5-3-6-12-22/h3,5-8,11-14,23-24,29H,4,9-10,15-21H2,1-2H3,(H,30,31,32). The van der Waals surface area contributed by atoms with Gasteiger partial charge in [0.2, 0.25) is 5.95 Å². The number of rotatable bonds is 12. The van der Waals surface area contributed by atoms with Gasteiger partial charge in [0.25, 0.3) is 0 Å². The fourth-order valence-corrected chi connectivity index (χ4v) is 4.67. The second-order valence-electron chi connectivity index (χ2n) is 9.53. The minimum absolute atomic E-state index is 0.441. The molecule has 6 heteroatoms. The first-order chi connectivity index (χ1) is 16.7. The molecule has 4 rings (SSSR count). The van der Waals surface area contributed by atoms with Crippen LogP contribution in [-0.4, -0.2) is 49.3 Å². The Morgan fingerprint density at radius 1 is 0.853 bits per heavy atom. The van der Waals surface area contributed by atoms with Gasteiger partial charge < -0.3 is 20.3 Å². The molecule has 0 atom stereocenters. The van der Waals surface area contributed by atoms with Gasteiger partial charge in [0.15, 0.2) is 0 Å². The van der Waals surface area contributed by atoms with Gasteiger partial charge >= 0.3 is 0 Å². The summed E-state index contributed by atoms with van der Waals surface area (Å²) in [6.45, 7) is 2.66. The molecule has 3 aromatic rings. The second-order valence-corrected chi connectivity index (χ2v) is 9.53. The molecule has 0 saturated heterocycles. The zero-order valence-corrected chi connectivity index (χ0v) is 20.7. The minimum atomic E-state index is 0.441. The summed E-state index contributed by atoms with van der Waals surface area (Å²) < 4.78 is 5.78. The van der Waals surface area contributed by atoms with Crippen molar-refractivity contribution < 1.29 is 4.74 Å². The van der Waals surface area contributed by atoms with Gasteiger partial charge in [0, 0.05) is 38.2 Å². The molecule has 0 spiro atoms. The molecule has 34 heavy (non-hydrogen) atoms. The number of ether oxygens (including phenoxy) is 1. The van der Waals surface area contributed by atoms with E-state index in [9.17, 15) is 0 Å². The lowest BCUT2D eigenvalue weighted by molar-refractivity contribution is 0.117. The number of hydrogen-bond acceptors (Lipinski definition) is 6. The summed E-state index contributed by atoms with van der Waals surface area (Å²) >= 11 is 0. The van der Waals surface area contributed by atoms with E-state index < -0.39 is 0 Å². The molecular weight excluding hydrogens is 422 g/mol. The Kier molecular flexibility index (Phi) is 9.11. The number of nitrogens with one attached hydrogen (secondary N) is 2. The van der Waals surface area contributed by atoms with Crippen molar-refractivity contribution in [3.8, 4) is 0 Å². The normalized spacial score (nSPS) is 18.2. The highest BCUT2D eigenvalue weighted by Crippen LogP contribution is 2.26. The Hall–Kier alpha value is -2.70. The zero-order chi connectivity index (χ0) is 23.6. The van der Waals surface area contributed by atoms with Crippen LogP contribution in [0.25, 0.3) is 10.9 Å². The molecule has 0 aliphatic heterocycles. The van der Waals surface area contributed by atoms with Gasteiger partial charge in [0.1, 0.15) is 5.82 Å². The largest absolute Gasteiger partial charge is 0.377 e. The van der Waals surface area contributed by atoms with Crippen LogP contribution >= 0.6 is 0 Å². The lowest BCUT2D eigenvalue weighted by Gasteiger charge is -2.30. The third kappa shape index (κ3) is 7.15. The fraction of sp³-hybridized carbons (Fsp3) is 0.500. The topological polar surface area (TPSA) is 62.3 Å². The molecule has 1 fully saturated rings. The molecule has 0 unspecified atom stereocenters. The molecule has 1 saturated carbocycles. The number of nitrogens with zero attached hydrogens (tertiary/aromatic N) is 3. The molecule has 182 valence electrons. The van der Waals surface area contributed by atoms with E-state index in [1.807, 2.05) is 32.3 Å². The second kappa shape index (κ2) is 12.7. The van der Waals surface area contributed by atoms with Crippen LogP contribution in [0.15, 0.2) is 54.6 Å². The van der Waals surface area contributed by atoms with Crippen molar-refractivity contribution >= 4 is 22.7 Å². The summed E-state index contributed by atoms with van der Waals surface area (Å²) in [4.78, 5) is 11.6. The van der Waals surface area contributed by atoms with E-state index in [2.05, 4.69) is 51.9 Å². The van der Waals surface area contributed by atoms with Crippen molar-refractivity contribution in [2.45, 2.75) is 63.6 Å². The van der Waals surface area contributed by atoms with Crippen LogP contribution < -0.4 is 15.5 Å². The summed E-state index contributed by atoms with van der Waals surface area (Å²) in [5.41, 5.74) is 2.24. The lowest BCUT2D eigenvalue weighted by atomic mass is 9.91. The summed E-state index contributed by atoms with van der Waals surface area (Å²) in [5, 5.41) is 8.46. The predicted octanol–water partition coefficient (Wildman–Crippen LogP) is 5.40. The average Bonchev–Trinajstić information content (AvgIpc) is 2.86. The lowest BCUT2D eigenvalue weighted by Crippen LogP contribution is -2.37. The van der Waals surface area contributed by atoms with E-state index in [4.69, 9.17) is 14.7 Å². The number of anilines is 2. The number of para-hydroxylation sites is 1. The van der Waals surface area contributed by atoms with Crippen LogP contribution in [0.1, 0.15) is 50.5 Å². The molecule has 6 nitrogen and oxygen atoms in total. The summed E-state index contributed by atoms with van der Waals surface area (Å²) in [6.07, 6.45) is 8.26.